The van der Waals surface area contributed by atoms with Crippen molar-refractivity contribution in [3.63, 3.8) is 0 Å². The van der Waals surface area contributed by atoms with Crippen molar-refractivity contribution in [2.45, 2.75) is 12.8 Å². The predicted molar refractivity (Wildman–Crippen MR) is 82.2 cm³/mol. The zero-order chi connectivity index (χ0) is 16.2. The van der Waals surface area contributed by atoms with Gasteiger partial charge in [0.2, 0.25) is 11.8 Å². The molecule has 2 amide bonds. The summed E-state index contributed by atoms with van der Waals surface area (Å²) >= 11 is 0. The molecule has 1 unspecified atom stereocenters. The molecule has 6 heteroatoms. The van der Waals surface area contributed by atoms with Crippen molar-refractivity contribution in [1.82, 2.24) is 9.80 Å². The molecule has 2 heterocycles. The minimum Gasteiger partial charge on any atom is -0.379 e. The molecule has 2 aliphatic rings. The first-order chi connectivity index (χ1) is 11.1. The van der Waals surface area contributed by atoms with E-state index in [1.54, 1.807) is 12.1 Å². The number of nitrogens with zero attached hydrogens (tertiary/aromatic N) is 2. The van der Waals surface area contributed by atoms with Crippen molar-refractivity contribution >= 4 is 11.8 Å². The third-order valence-corrected chi connectivity index (χ3v) is 4.45. The number of hydrogen-bond donors (Lipinski definition) is 0. The summed E-state index contributed by atoms with van der Waals surface area (Å²) in [6.45, 7) is 4.19. The van der Waals surface area contributed by atoms with E-state index in [4.69, 9.17) is 4.74 Å². The van der Waals surface area contributed by atoms with Crippen LogP contribution in [0.2, 0.25) is 0 Å². The number of imide groups is 1. The van der Waals surface area contributed by atoms with Crippen molar-refractivity contribution in [3.8, 4) is 0 Å². The minimum absolute atomic E-state index is 0.121. The van der Waals surface area contributed by atoms with Crippen LogP contribution in [0.1, 0.15) is 12.0 Å². The van der Waals surface area contributed by atoms with E-state index in [1.807, 2.05) is 0 Å². The molecule has 0 bridgehead atoms. The molecule has 1 aromatic carbocycles. The molecular weight excluding hydrogens is 299 g/mol. The van der Waals surface area contributed by atoms with E-state index < -0.39 is 0 Å². The number of amides is 2. The van der Waals surface area contributed by atoms with Gasteiger partial charge in [-0.15, -0.1) is 0 Å². The standard InChI is InChI=1S/C17H21FN2O3/c18-15-3-1-2-13(11-15)10-14-12-16(21)20(17(14)22)5-4-19-6-8-23-9-7-19/h1-3,11,14H,4-10,12H2. The smallest absolute Gasteiger partial charge is 0.233 e. The Bertz CT molecular complexity index is 587. The highest BCUT2D eigenvalue weighted by atomic mass is 19.1. The van der Waals surface area contributed by atoms with E-state index in [1.165, 1.54) is 17.0 Å². The zero-order valence-corrected chi connectivity index (χ0v) is 13.0. The van der Waals surface area contributed by atoms with Gasteiger partial charge in [0.25, 0.3) is 0 Å². The molecule has 1 atom stereocenters. The largest absolute Gasteiger partial charge is 0.379 e. The first-order valence-corrected chi connectivity index (χ1v) is 8.02. The first kappa shape index (κ1) is 16.1. The Morgan fingerprint density at radius 1 is 1.17 bits per heavy atom. The van der Waals surface area contributed by atoms with Crippen molar-refractivity contribution in [1.29, 1.82) is 0 Å². The Kier molecular flexibility index (Phi) is 5.03. The summed E-state index contributed by atoms with van der Waals surface area (Å²) in [6, 6.07) is 6.22. The van der Waals surface area contributed by atoms with Gasteiger partial charge in [-0.25, -0.2) is 4.39 Å². The Labute approximate surface area is 135 Å². The average molecular weight is 320 g/mol. The molecule has 1 aromatic rings. The number of rotatable bonds is 5. The highest BCUT2D eigenvalue weighted by molar-refractivity contribution is 6.03. The van der Waals surface area contributed by atoms with E-state index in [-0.39, 0.29) is 30.0 Å². The molecule has 23 heavy (non-hydrogen) atoms. The summed E-state index contributed by atoms with van der Waals surface area (Å²) in [5.41, 5.74) is 0.756. The second kappa shape index (κ2) is 7.19. The van der Waals surface area contributed by atoms with E-state index >= 15 is 0 Å². The fraction of sp³-hybridized carbons (Fsp3) is 0.529. The summed E-state index contributed by atoms with van der Waals surface area (Å²) < 4.78 is 18.5. The Balaban J connectivity index is 1.56. The predicted octanol–water partition coefficient (Wildman–Crippen LogP) is 1.08. The molecule has 0 aliphatic carbocycles. The van der Waals surface area contributed by atoms with Crippen molar-refractivity contribution in [2.75, 3.05) is 39.4 Å². The maximum atomic E-state index is 13.2. The quantitative estimate of drug-likeness (QED) is 0.762. The fourth-order valence-corrected chi connectivity index (χ4v) is 3.16. The van der Waals surface area contributed by atoms with Gasteiger partial charge in [-0.3, -0.25) is 19.4 Å². The molecule has 2 aliphatic heterocycles. The third kappa shape index (κ3) is 3.95. The van der Waals surface area contributed by atoms with Gasteiger partial charge in [0.05, 0.1) is 19.1 Å². The molecule has 0 N–H and O–H groups in total. The average Bonchev–Trinajstić information content (AvgIpc) is 2.80. The van der Waals surface area contributed by atoms with E-state index in [9.17, 15) is 14.0 Å². The number of halogens is 1. The molecule has 0 radical (unpaired) electrons. The number of carbonyl (C=O) groups excluding carboxylic acids is 2. The Morgan fingerprint density at radius 2 is 1.96 bits per heavy atom. The van der Waals surface area contributed by atoms with Gasteiger partial charge < -0.3 is 4.74 Å². The SMILES string of the molecule is O=C1CC(Cc2cccc(F)c2)C(=O)N1CCN1CCOCC1. The number of benzene rings is 1. The summed E-state index contributed by atoms with van der Waals surface area (Å²) in [6.07, 6.45) is 0.634. The highest BCUT2D eigenvalue weighted by Gasteiger charge is 2.38. The van der Waals surface area contributed by atoms with Crippen LogP contribution in [0.4, 0.5) is 4.39 Å². The number of carbonyl (C=O) groups is 2. The maximum absolute atomic E-state index is 13.2. The van der Waals surface area contributed by atoms with Crippen LogP contribution in [0.25, 0.3) is 0 Å². The zero-order valence-electron chi connectivity index (χ0n) is 13.0. The molecule has 2 saturated heterocycles. The Morgan fingerprint density at radius 3 is 2.70 bits per heavy atom. The van der Waals surface area contributed by atoms with E-state index in [0.717, 1.165) is 18.7 Å². The molecule has 0 spiro atoms. The van der Waals surface area contributed by atoms with E-state index in [2.05, 4.69) is 4.90 Å². The normalized spacial score (nSPS) is 22.8. The number of hydrogen-bond acceptors (Lipinski definition) is 4. The maximum Gasteiger partial charge on any atom is 0.233 e. The highest BCUT2D eigenvalue weighted by Crippen LogP contribution is 2.23. The van der Waals surface area contributed by atoms with Crippen LogP contribution in [0, 0.1) is 11.7 Å². The van der Waals surface area contributed by atoms with Crippen LogP contribution in [0.15, 0.2) is 24.3 Å². The fourth-order valence-electron chi connectivity index (χ4n) is 3.16. The van der Waals surface area contributed by atoms with Gasteiger partial charge >= 0.3 is 0 Å². The summed E-state index contributed by atoms with van der Waals surface area (Å²) in [4.78, 5) is 28.1. The third-order valence-electron chi connectivity index (χ3n) is 4.45. The lowest BCUT2D eigenvalue weighted by Gasteiger charge is -2.28. The second-order valence-corrected chi connectivity index (χ2v) is 6.07. The van der Waals surface area contributed by atoms with Crippen LogP contribution in [0.5, 0.6) is 0 Å². The molecule has 124 valence electrons. The lowest BCUT2D eigenvalue weighted by atomic mass is 9.98. The van der Waals surface area contributed by atoms with Crippen LogP contribution >= 0.6 is 0 Å². The van der Waals surface area contributed by atoms with Crippen LogP contribution < -0.4 is 0 Å². The van der Waals surface area contributed by atoms with Crippen molar-refractivity contribution < 1.29 is 18.7 Å². The molecule has 0 saturated carbocycles. The summed E-state index contributed by atoms with van der Waals surface area (Å²) in [7, 11) is 0. The van der Waals surface area contributed by atoms with Gasteiger partial charge in [-0.05, 0) is 24.1 Å². The van der Waals surface area contributed by atoms with Crippen LogP contribution in [-0.4, -0.2) is 61.0 Å². The molecule has 2 fully saturated rings. The van der Waals surface area contributed by atoms with Crippen molar-refractivity contribution in [2.24, 2.45) is 5.92 Å². The summed E-state index contributed by atoms with van der Waals surface area (Å²) in [5, 5.41) is 0. The lowest BCUT2D eigenvalue weighted by Crippen LogP contribution is -2.43. The minimum atomic E-state index is -0.367. The number of morpholine rings is 1. The second-order valence-electron chi connectivity index (χ2n) is 6.07. The van der Waals surface area contributed by atoms with Gasteiger partial charge in [0.1, 0.15) is 5.82 Å². The Hall–Kier alpha value is -1.79. The lowest BCUT2D eigenvalue weighted by molar-refractivity contribution is -0.139. The number of likely N-dealkylation sites (tertiary alicyclic amines) is 1. The van der Waals surface area contributed by atoms with Gasteiger partial charge in [0, 0.05) is 32.6 Å². The molecule has 3 rings (SSSR count). The molecule has 0 aromatic heterocycles. The summed E-state index contributed by atoms with van der Waals surface area (Å²) in [5.74, 6) is -0.936. The van der Waals surface area contributed by atoms with Crippen LogP contribution in [0.3, 0.4) is 0 Å². The monoisotopic (exact) mass is 320 g/mol. The van der Waals surface area contributed by atoms with Crippen molar-refractivity contribution in [3.05, 3.63) is 35.6 Å². The van der Waals surface area contributed by atoms with E-state index in [0.29, 0.717) is 32.7 Å². The molecule has 5 nitrogen and oxygen atoms in total. The van der Waals surface area contributed by atoms with Crippen LogP contribution in [-0.2, 0) is 20.7 Å². The first-order valence-electron chi connectivity index (χ1n) is 8.02. The van der Waals surface area contributed by atoms with Gasteiger partial charge in [-0.1, -0.05) is 12.1 Å². The number of ether oxygens (including phenoxy) is 1. The van der Waals surface area contributed by atoms with Gasteiger partial charge in [-0.2, -0.15) is 0 Å². The topological polar surface area (TPSA) is 49.9 Å². The molecular formula is C17H21FN2O3. The van der Waals surface area contributed by atoms with Gasteiger partial charge in [0.15, 0.2) is 0 Å².